The van der Waals surface area contributed by atoms with E-state index >= 15 is 0 Å². The van der Waals surface area contributed by atoms with Crippen molar-refractivity contribution in [3.8, 4) is 0 Å². The van der Waals surface area contributed by atoms with Crippen LogP contribution in [0.25, 0.3) is 11.0 Å². The summed E-state index contributed by atoms with van der Waals surface area (Å²) >= 11 is 0. The molecule has 0 aliphatic rings. The quantitative estimate of drug-likeness (QED) is 0.354. The monoisotopic (exact) mass is 405 g/mol. The van der Waals surface area contributed by atoms with E-state index < -0.39 is 0 Å². The van der Waals surface area contributed by atoms with Crippen LogP contribution in [-0.4, -0.2) is 15.5 Å². The third kappa shape index (κ3) is 6.19. The molecule has 1 heterocycles. The topological polar surface area (TPSA) is 46.9 Å². The molecular weight excluding hydrogens is 370 g/mol. The van der Waals surface area contributed by atoms with Gasteiger partial charge in [0.2, 0.25) is 0 Å². The van der Waals surface area contributed by atoms with Crippen molar-refractivity contribution in [2.24, 2.45) is 0 Å². The number of carbonyl (C=O) groups excluding carboxylic acids is 1. The maximum atomic E-state index is 12.5. The minimum absolute atomic E-state index is 0.0549. The molecule has 2 aromatic carbocycles. The predicted octanol–water partition coefficient (Wildman–Crippen LogP) is 6.42. The highest BCUT2D eigenvalue weighted by Gasteiger charge is 2.12. The summed E-state index contributed by atoms with van der Waals surface area (Å²) in [6.45, 7) is 5.68. The molecule has 3 rings (SSSR count). The molecule has 0 spiro atoms. The first-order chi connectivity index (χ1) is 14.7. The van der Waals surface area contributed by atoms with Crippen molar-refractivity contribution in [1.82, 2.24) is 14.9 Å². The largest absolute Gasteiger partial charge is 0.345 e. The minimum Gasteiger partial charge on any atom is -0.345 e. The Hall–Kier alpha value is -2.62. The fourth-order valence-corrected chi connectivity index (χ4v) is 3.88. The van der Waals surface area contributed by atoms with Gasteiger partial charge < -0.3 is 9.88 Å². The highest BCUT2D eigenvalue weighted by molar-refractivity contribution is 5.94. The molecule has 0 bridgehead atoms. The van der Waals surface area contributed by atoms with E-state index in [2.05, 4.69) is 28.9 Å². The molecule has 0 atom stereocenters. The lowest BCUT2D eigenvalue weighted by molar-refractivity contribution is 0.0949. The van der Waals surface area contributed by atoms with Crippen LogP contribution in [0.15, 0.2) is 48.5 Å². The third-order valence-electron chi connectivity index (χ3n) is 5.69. The molecule has 3 aromatic rings. The Morgan fingerprint density at radius 1 is 0.900 bits per heavy atom. The first-order valence-electron chi connectivity index (χ1n) is 11.5. The Labute approximate surface area is 180 Å². The van der Waals surface area contributed by atoms with Crippen molar-refractivity contribution in [3.05, 3.63) is 65.5 Å². The van der Waals surface area contributed by atoms with Crippen LogP contribution in [0.5, 0.6) is 0 Å². The number of para-hydroxylation sites is 2. The Morgan fingerprint density at radius 2 is 1.57 bits per heavy atom. The molecule has 4 heteroatoms. The maximum absolute atomic E-state index is 12.5. The first kappa shape index (κ1) is 22.1. The highest BCUT2D eigenvalue weighted by Crippen LogP contribution is 2.18. The van der Waals surface area contributed by atoms with Crippen molar-refractivity contribution in [2.45, 2.75) is 78.3 Å². The molecule has 4 nitrogen and oxygen atoms in total. The number of hydrogen-bond acceptors (Lipinski definition) is 2. The highest BCUT2D eigenvalue weighted by atomic mass is 16.1. The minimum atomic E-state index is -0.0549. The van der Waals surface area contributed by atoms with Crippen molar-refractivity contribution < 1.29 is 4.79 Å². The van der Waals surface area contributed by atoms with Gasteiger partial charge in [0, 0.05) is 12.1 Å². The number of amides is 1. The van der Waals surface area contributed by atoms with Gasteiger partial charge in [-0.25, -0.2) is 4.98 Å². The van der Waals surface area contributed by atoms with Gasteiger partial charge in [0.1, 0.15) is 5.82 Å². The van der Waals surface area contributed by atoms with Crippen molar-refractivity contribution in [3.63, 3.8) is 0 Å². The van der Waals surface area contributed by atoms with E-state index in [9.17, 15) is 4.79 Å². The van der Waals surface area contributed by atoms with Crippen LogP contribution in [0.2, 0.25) is 0 Å². The Bertz CT molecular complexity index is 927. The average Bonchev–Trinajstić information content (AvgIpc) is 3.12. The number of imidazole rings is 1. The van der Waals surface area contributed by atoms with Crippen LogP contribution in [-0.2, 0) is 13.1 Å². The number of nitrogens with one attached hydrogen (secondary N) is 1. The molecule has 0 radical (unpaired) electrons. The van der Waals surface area contributed by atoms with Crippen molar-refractivity contribution in [2.75, 3.05) is 0 Å². The molecule has 1 aromatic heterocycles. The van der Waals surface area contributed by atoms with Gasteiger partial charge in [-0.2, -0.15) is 0 Å². The fraction of sp³-hybridized carbons (Fsp3) is 0.462. The lowest BCUT2D eigenvalue weighted by Crippen LogP contribution is -2.24. The number of aryl methyl sites for hydroxylation is 2. The molecule has 0 saturated heterocycles. The van der Waals surface area contributed by atoms with E-state index in [1.165, 1.54) is 44.9 Å². The predicted molar refractivity (Wildman–Crippen MR) is 125 cm³/mol. The van der Waals surface area contributed by atoms with Crippen molar-refractivity contribution in [1.29, 1.82) is 0 Å². The van der Waals surface area contributed by atoms with E-state index in [0.717, 1.165) is 35.4 Å². The van der Waals surface area contributed by atoms with Crippen LogP contribution in [0, 0.1) is 6.92 Å². The molecule has 1 N–H and O–H groups in total. The standard InChI is InChI=1S/C26H35N3O/c1-3-4-5-6-7-8-9-12-19-29-24-14-11-10-13-23(24)28-25(29)20-27-26(30)22-17-15-21(2)16-18-22/h10-11,13-18H,3-9,12,19-20H2,1-2H3,(H,27,30). The number of aromatic nitrogens is 2. The van der Waals surface area contributed by atoms with E-state index in [1.807, 2.05) is 43.3 Å². The molecule has 0 fully saturated rings. The molecule has 0 aliphatic carbocycles. The van der Waals surface area contributed by atoms with Gasteiger partial charge in [0.25, 0.3) is 5.91 Å². The van der Waals surface area contributed by atoms with Gasteiger partial charge in [-0.3, -0.25) is 4.79 Å². The summed E-state index contributed by atoms with van der Waals surface area (Å²) in [6.07, 6.45) is 10.4. The zero-order valence-corrected chi connectivity index (χ0v) is 18.5. The van der Waals surface area contributed by atoms with Gasteiger partial charge in [-0.05, 0) is 37.6 Å². The SMILES string of the molecule is CCCCCCCCCCn1c(CNC(=O)c2ccc(C)cc2)nc2ccccc21. The second-order valence-electron chi connectivity index (χ2n) is 8.19. The number of carbonyl (C=O) groups is 1. The van der Waals surface area contributed by atoms with Gasteiger partial charge in [-0.1, -0.05) is 81.7 Å². The Kier molecular flexibility index (Phi) is 8.49. The summed E-state index contributed by atoms with van der Waals surface area (Å²) in [7, 11) is 0. The van der Waals surface area contributed by atoms with E-state index in [4.69, 9.17) is 4.98 Å². The van der Waals surface area contributed by atoms with Crippen LogP contribution in [0.1, 0.15) is 80.0 Å². The second kappa shape index (κ2) is 11.5. The Morgan fingerprint density at radius 3 is 2.30 bits per heavy atom. The first-order valence-corrected chi connectivity index (χ1v) is 11.5. The summed E-state index contributed by atoms with van der Waals surface area (Å²) in [5.41, 5.74) is 3.99. The second-order valence-corrected chi connectivity index (χ2v) is 8.19. The fourth-order valence-electron chi connectivity index (χ4n) is 3.88. The number of benzene rings is 2. The molecule has 30 heavy (non-hydrogen) atoms. The summed E-state index contributed by atoms with van der Waals surface area (Å²) < 4.78 is 2.28. The lowest BCUT2D eigenvalue weighted by Gasteiger charge is -2.10. The molecule has 0 saturated carbocycles. The molecular formula is C26H35N3O. The van der Waals surface area contributed by atoms with E-state index in [1.54, 1.807) is 0 Å². The van der Waals surface area contributed by atoms with Gasteiger partial charge in [0.15, 0.2) is 0 Å². The molecule has 1 amide bonds. The van der Waals surface area contributed by atoms with Gasteiger partial charge in [0.05, 0.1) is 17.6 Å². The van der Waals surface area contributed by atoms with E-state index in [-0.39, 0.29) is 5.91 Å². The maximum Gasteiger partial charge on any atom is 0.251 e. The number of unbranched alkanes of at least 4 members (excludes halogenated alkanes) is 7. The van der Waals surface area contributed by atoms with Crippen LogP contribution in [0.4, 0.5) is 0 Å². The number of rotatable bonds is 12. The van der Waals surface area contributed by atoms with Gasteiger partial charge >= 0.3 is 0 Å². The summed E-state index contributed by atoms with van der Waals surface area (Å²) in [5.74, 6) is 0.875. The smallest absolute Gasteiger partial charge is 0.251 e. The third-order valence-corrected chi connectivity index (χ3v) is 5.69. The van der Waals surface area contributed by atoms with Crippen LogP contribution >= 0.6 is 0 Å². The summed E-state index contributed by atoms with van der Waals surface area (Å²) in [6, 6.07) is 15.9. The van der Waals surface area contributed by atoms with Crippen LogP contribution < -0.4 is 5.32 Å². The lowest BCUT2D eigenvalue weighted by atomic mass is 10.1. The zero-order valence-electron chi connectivity index (χ0n) is 18.5. The van der Waals surface area contributed by atoms with Crippen molar-refractivity contribution >= 4 is 16.9 Å². The average molecular weight is 406 g/mol. The number of fused-ring (bicyclic) bond motifs is 1. The van der Waals surface area contributed by atoms with E-state index in [0.29, 0.717) is 12.1 Å². The molecule has 160 valence electrons. The molecule has 0 aliphatic heterocycles. The number of nitrogens with zero attached hydrogens (tertiary/aromatic N) is 2. The van der Waals surface area contributed by atoms with Gasteiger partial charge in [-0.15, -0.1) is 0 Å². The summed E-state index contributed by atoms with van der Waals surface area (Å²) in [4.78, 5) is 17.3. The number of hydrogen-bond donors (Lipinski definition) is 1. The Balaban J connectivity index is 1.57. The normalized spacial score (nSPS) is 11.1. The van der Waals surface area contributed by atoms with Crippen LogP contribution in [0.3, 0.4) is 0 Å². The summed E-state index contributed by atoms with van der Waals surface area (Å²) in [5, 5.41) is 3.04. The molecule has 0 unspecified atom stereocenters. The zero-order chi connectivity index (χ0) is 21.2.